The van der Waals surface area contributed by atoms with Crippen LogP contribution in [0.3, 0.4) is 0 Å². The van der Waals surface area contributed by atoms with E-state index >= 15 is 0 Å². The van der Waals surface area contributed by atoms with Gasteiger partial charge in [-0.05, 0) is 36.8 Å². The van der Waals surface area contributed by atoms with Crippen molar-refractivity contribution in [3.05, 3.63) is 42.1 Å². The molecule has 0 spiro atoms. The van der Waals surface area contributed by atoms with Crippen LogP contribution in [0.4, 0.5) is 0 Å². The molecule has 0 amide bonds. The molecule has 1 aromatic carbocycles. The summed E-state index contributed by atoms with van der Waals surface area (Å²) in [4.78, 5) is 5.27. The zero-order valence-corrected chi connectivity index (χ0v) is 12.1. The van der Waals surface area contributed by atoms with Crippen molar-refractivity contribution in [2.45, 2.75) is 42.8 Å². The molecule has 18 heavy (non-hydrogen) atoms. The van der Waals surface area contributed by atoms with Crippen molar-refractivity contribution < 1.29 is 0 Å². The highest BCUT2D eigenvalue weighted by Crippen LogP contribution is 2.36. The van der Waals surface area contributed by atoms with Crippen molar-refractivity contribution >= 4 is 26.8 Å². The quantitative estimate of drug-likeness (QED) is 0.531. The summed E-state index contributed by atoms with van der Waals surface area (Å²) in [5.74, 6) is 0.662. The molecule has 1 nitrogen and oxygen atoms in total. The molecule has 3 rings (SSSR count). The third-order valence-electron chi connectivity index (χ3n) is 3.96. The van der Waals surface area contributed by atoms with E-state index in [0.29, 0.717) is 10.7 Å². The summed E-state index contributed by atoms with van der Waals surface area (Å²) in [6, 6.07) is 10.8. The second kappa shape index (κ2) is 5.40. The van der Waals surface area contributed by atoms with Gasteiger partial charge in [-0.3, -0.25) is 4.98 Å². The molecule has 94 valence electrons. The molecular weight excluding hydrogens is 286 g/mol. The van der Waals surface area contributed by atoms with Gasteiger partial charge in [-0.15, -0.1) is 0 Å². The van der Waals surface area contributed by atoms with Gasteiger partial charge in [0.15, 0.2) is 0 Å². The number of nitrogens with zero attached hydrogens (tertiary/aromatic N) is 1. The van der Waals surface area contributed by atoms with Crippen LogP contribution < -0.4 is 0 Å². The first-order chi connectivity index (χ1) is 8.84. The van der Waals surface area contributed by atoms with E-state index in [-0.39, 0.29) is 0 Å². The van der Waals surface area contributed by atoms with Crippen LogP contribution in [0.2, 0.25) is 0 Å². The fourth-order valence-corrected chi connectivity index (χ4v) is 3.82. The van der Waals surface area contributed by atoms with E-state index in [1.165, 1.54) is 48.6 Å². The minimum absolute atomic E-state index is 0.662. The van der Waals surface area contributed by atoms with E-state index in [9.17, 15) is 0 Å². The number of hydrogen-bond acceptors (Lipinski definition) is 1. The number of benzene rings is 1. The SMILES string of the molecule is BrC1CCCCC(c2cccc3cccnc23)C1. The molecule has 0 bridgehead atoms. The minimum Gasteiger partial charge on any atom is -0.256 e. The van der Waals surface area contributed by atoms with Crippen LogP contribution in [0.1, 0.15) is 43.6 Å². The third-order valence-corrected chi connectivity index (χ3v) is 4.80. The van der Waals surface area contributed by atoms with Crippen molar-refractivity contribution in [3.8, 4) is 0 Å². The highest BCUT2D eigenvalue weighted by molar-refractivity contribution is 9.09. The zero-order chi connectivity index (χ0) is 12.4. The molecule has 2 aromatic rings. The normalized spacial score (nSPS) is 24.9. The van der Waals surface area contributed by atoms with Crippen LogP contribution in [0.5, 0.6) is 0 Å². The fraction of sp³-hybridized carbons (Fsp3) is 0.438. The molecule has 0 saturated heterocycles. The van der Waals surface area contributed by atoms with E-state index in [2.05, 4.69) is 45.2 Å². The van der Waals surface area contributed by atoms with Gasteiger partial charge in [-0.25, -0.2) is 0 Å². The molecule has 1 heterocycles. The standard InChI is InChI=1S/C16H18BrN/c17-14-8-2-1-5-13(11-14)15-9-3-6-12-7-4-10-18-16(12)15/h3-4,6-7,9-10,13-14H,1-2,5,8,11H2. The maximum Gasteiger partial charge on any atom is 0.0736 e. The van der Waals surface area contributed by atoms with Gasteiger partial charge in [0.05, 0.1) is 5.52 Å². The topological polar surface area (TPSA) is 12.9 Å². The van der Waals surface area contributed by atoms with Gasteiger partial charge in [0.2, 0.25) is 0 Å². The van der Waals surface area contributed by atoms with E-state index < -0.39 is 0 Å². The summed E-state index contributed by atoms with van der Waals surface area (Å²) in [5, 5.41) is 1.27. The molecule has 1 fully saturated rings. The van der Waals surface area contributed by atoms with Gasteiger partial charge >= 0.3 is 0 Å². The molecule has 2 atom stereocenters. The van der Waals surface area contributed by atoms with Gasteiger partial charge in [0.1, 0.15) is 0 Å². The Kier molecular flexibility index (Phi) is 3.64. The van der Waals surface area contributed by atoms with Crippen LogP contribution in [0, 0.1) is 0 Å². The van der Waals surface area contributed by atoms with Gasteiger partial charge in [0.25, 0.3) is 0 Å². The number of alkyl halides is 1. The molecule has 1 aliphatic carbocycles. The number of hydrogen-bond donors (Lipinski definition) is 0. The molecule has 2 heteroatoms. The minimum atomic E-state index is 0.662. The van der Waals surface area contributed by atoms with Crippen molar-refractivity contribution in [2.24, 2.45) is 0 Å². The largest absolute Gasteiger partial charge is 0.256 e. The number of para-hydroxylation sites is 1. The summed E-state index contributed by atoms with van der Waals surface area (Å²) in [5.41, 5.74) is 2.64. The monoisotopic (exact) mass is 303 g/mol. The average Bonchev–Trinajstić information content (AvgIpc) is 2.63. The van der Waals surface area contributed by atoms with Crippen LogP contribution in [-0.4, -0.2) is 9.81 Å². The Morgan fingerprint density at radius 3 is 2.83 bits per heavy atom. The number of halogens is 1. The summed E-state index contributed by atoms with van der Waals surface area (Å²) in [6.45, 7) is 0. The molecule has 0 N–H and O–H groups in total. The summed E-state index contributed by atoms with van der Waals surface area (Å²) < 4.78 is 0. The van der Waals surface area contributed by atoms with E-state index in [0.717, 1.165) is 0 Å². The number of fused-ring (bicyclic) bond motifs is 1. The molecule has 1 saturated carbocycles. The Labute approximate surface area is 117 Å². The Balaban J connectivity index is 2.02. The van der Waals surface area contributed by atoms with Crippen molar-refractivity contribution in [3.63, 3.8) is 0 Å². The first kappa shape index (κ1) is 12.2. The smallest absolute Gasteiger partial charge is 0.0736 e. The summed E-state index contributed by atoms with van der Waals surface area (Å²) >= 11 is 3.82. The number of aromatic nitrogens is 1. The zero-order valence-electron chi connectivity index (χ0n) is 10.5. The lowest BCUT2D eigenvalue weighted by atomic mass is 9.90. The highest BCUT2D eigenvalue weighted by Gasteiger charge is 2.21. The first-order valence-electron chi connectivity index (χ1n) is 6.82. The molecule has 2 unspecified atom stereocenters. The maximum atomic E-state index is 4.60. The Hall–Kier alpha value is -0.890. The van der Waals surface area contributed by atoms with Crippen molar-refractivity contribution in [1.29, 1.82) is 0 Å². The van der Waals surface area contributed by atoms with Crippen LogP contribution >= 0.6 is 15.9 Å². The summed E-state index contributed by atoms with van der Waals surface area (Å²) in [7, 11) is 0. The Bertz CT molecular complexity index is 532. The van der Waals surface area contributed by atoms with Crippen LogP contribution in [-0.2, 0) is 0 Å². The second-order valence-corrected chi connectivity index (χ2v) is 6.53. The second-order valence-electron chi connectivity index (χ2n) is 5.24. The molecule has 1 aliphatic rings. The molecular formula is C16H18BrN. The molecule has 0 radical (unpaired) electrons. The number of pyridine rings is 1. The van der Waals surface area contributed by atoms with Gasteiger partial charge in [-0.1, -0.05) is 53.0 Å². The predicted molar refractivity (Wildman–Crippen MR) is 80.3 cm³/mol. The maximum absolute atomic E-state index is 4.60. The number of rotatable bonds is 1. The third kappa shape index (κ3) is 2.44. The van der Waals surface area contributed by atoms with E-state index in [1.807, 2.05) is 12.3 Å². The average molecular weight is 304 g/mol. The van der Waals surface area contributed by atoms with Gasteiger partial charge in [-0.2, -0.15) is 0 Å². The summed E-state index contributed by atoms with van der Waals surface area (Å²) in [6.07, 6.45) is 8.47. The Morgan fingerprint density at radius 1 is 1.06 bits per heavy atom. The first-order valence-corrected chi connectivity index (χ1v) is 7.74. The molecule has 0 aliphatic heterocycles. The lowest BCUT2D eigenvalue weighted by Crippen LogP contribution is -2.04. The van der Waals surface area contributed by atoms with E-state index in [1.54, 1.807) is 0 Å². The molecule has 1 aromatic heterocycles. The van der Waals surface area contributed by atoms with Crippen LogP contribution in [0.25, 0.3) is 10.9 Å². The van der Waals surface area contributed by atoms with Crippen molar-refractivity contribution in [2.75, 3.05) is 0 Å². The lowest BCUT2D eigenvalue weighted by molar-refractivity contribution is 0.603. The van der Waals surface area contributed by atoms with E-state index in [4.69, 9.17) is 0 Å². The lowest BCUT2D eigenvalue weighted by Gasteiger charge is -2.18. The van der Waals surface area contributed by atoms with Crippen molar-refractivity contribution in [1.82, 2.24) is 4.98 Å². The van der Waals surface area contributed by atoms with Gasteiger partial charge < -0.3 is 0 Å². The predicted octanol–water partition coefficient (Wildman–Crippen LogP) is 5.05. The fourth-order valence-electron chi connectivity index (χ4n) is 3.04. The Morgan fingerprint density at radius 2 is 1.89 bits per heavy atom. The van der Waals surface area contributed by atoms with Gasteiger partial charge in [0, 0.05) is 16.4 Å². The van der Waals surface area contributed by atoms with Crippen LogP contribution in [0.15, 0.2) is 36.5 Å². The highest BCUT2D eigenvalue weighted by atomic mass is 79.9.